The highest BCUT2D eigenvalue weighted by atomic mass is 32.1. The Hall–Kier alpha value is -1.93. The summed E-state index contributed by atoms with van der Waals surface area (Å²) < 4.78 is 11.0. The molecule has 2 aromatic rings. The van der Waals surface area contributed by atoms with Crippen molar-refractivity contribution in [1.82, 2.24) is 15.1 Å². The molecule has 2 amide bonds. The van der Waals surface area contributed by atoms with Crippen LogP contribution < -0.4 is 5.32 Å². The second-order valence-electron chi connectivity index (χ2n) is 5.15. The molecule has 1 fully saturated rings. The van der Waals surface area contributed by atoms with Gasteiger partial charge in [-0.1, -0.05) is 11.3 Å². The molecule has 22 heavy (non-hydrogen) atoms. The van der Waals surface area contributed by atoms with Crippen LogP contribution in [0, 0.1) is 6.92 Å². The number of furan rings is 1. The summed E-state index contributed by atoms with van der Waals surface area (Å²) in [5, 5.41) is 11.9. The molecule has 3 heterocycles. The summed E-state index contributed by atoms with van der Waals surface area (Å²) in [5.74, 6) is 0.738. The van der Waals surface area contributed by atoms with Gasteiger partial charge in [-0.2, -0.15) is 0 Å². The van der Waals surface area contributed by atoms with Crippen molar-refractivity contribution in [3.63, 3.8) is 0 Å². The number of ether oxygens (including phenoxy) is 1. The van der Waals surface area contributed by atoms with Crippen molar-refractivity contribution in [1.29, 1.82) is 0 Å². The highest BCUT2D eigenvalue weighted by molar-refractivity contribution is 7.15. The Balaban J connectivity index is 1.66. The van der Waals surface area contributed by atoms with Crippen molar-refractivity contribution in [3.8, 4) is 0 Å². The molecule has 0 spiro atoms. The van der Waals surface area contributed by atoms with Gasteiger partial charge in [0.15, 0.2) is 0 Å². The number of carbonyl (C=O) groups excluding carboxylic acids is 1. The van der Waals surface area contributed by atoms with Gasteiger partial charge in [0.25, 0.3) is 0 Å². The zero-order chi connectivity index (χ0) is 15.4. The summed E-state index contributed by atoms with van der Waals surface area (Å²) in [4.78, 5) is 14.2. The summed E-state index contributed by atoms with van der Waals surface area (Å²) in [7, 11) is 0. The lowest BCUT2D eigenvalue weighted by atomic mass is 10.2. The number of rotatable bonds is 5. The second kappa shape index (κ2) is 6.89. The van der Waals surface area contributed by atoms with E-state index in [2.05, 4.69) is 15.5 Å². The number of hydrogen-bond acceptors (Lipinski definition) is 6. The van der Waals surface area contributed by atoms with Crippen molar-refractivity contribution in [2.45, 2.75) is 32.4 Å². The molecule has 118 valence electrons. The number of anilines is 1. The van der Waals surface area contributed by atoms with Gasteiger partial charge < -0.3 is 14.1 Å². The number of nitrogens with zero attached hydrogens (tertiary/aromatic N) is 3. The monoisotopic (exact) mass is 322 g/mol. The molecule has 0 radical (unpaired) electrons. The van der Waals surface area contributed by atoms with E-state index in [1.165, 1.54) is 11.3 Å². The van der Waals surface area contributed by atoms with E-state index >= 15 is 0 Å². The Bertz CT molecular complexity index is 607. The molecule has 1 N–H and O–H groups in total. The number of urea groups is 1. The van der Waals surface area contributed by atoms with Gasteiger partial charge in [-0.25, -0.2) is 4.79 Å². The summed E-state index contributed by atoms with van der Waals surface area (Å²) in [6, 6.07) is 3.44. The van der Waals surface area contributed by atoms with Crippen molar-refractivity contribution in [2.24, 2.45) is 0 Å². The predicted molar refractivity (Wildman–Crippen MR) is 81.8 cm³/mol. The topological polar surface area (TPSA) is 80.5 Å². The van der Waals surface area contributed by atoms with Gasteiger partial charge in [-0.3, -0.25) is 5.32 Å². The molecule has 1 aliphatic heterocycles. The molecule has 2 aromatic heterocycles. The zero-order valence-corrected chi connectivity index (χ0v) is 13.1. The van der Waals surface area contributed by atoms with E-state index in [4.69, 9.17) is 9.15 Å². The third-order valence-electron chi connectivity index (χ3n) is 3.40. The Morgan fingerprint density at radius 3 is 3.09 bits per heavy atom. The number of amides is 2. The first-order chi connectivity index (χ1) is 10.7. The summed E-state index contributed by atoms with van der Waals surface area (Å²) >= 11 is 1.35. The molecule has 1 saturated heterocycles. The zero-order valence-electron chi connectivity index (χ0n) is 12.3. The van der Waals surface area contributed by atoms with Crippen LogP contribution in [0.25, 0.3) is 0 Å². The van der Waals surface area contributed by atoms with Crippen LogP contribution in [0.4, 0.5) is 9.93 Å². The molecule has 7 nitrogen and oxygen atoms in total. The molecule has 3 rings (SSSR count). The lowest BCUT2D eigenvalue weighted by molar-refractivity contribution is 0.0803. The van der Waals surface area contributed by atoms with Crippen molar-refractivity contribution in [2.75, 3.05) is 18.5 Å². The average Bonchev–Trinajstić information content (AvgIpc) is 3.21. The molecular formula is C14H18N4O3S. The third kappa shape index (κ3) is 3.83. The summed E-state index contributed by atoms with van der Waals surface area (Å²) in [6.45, 7) is 3.54. The molecule has 1 atom stereocenters. The number of carbonyl (C=O) groups is 1. The number of nitrogens with one attached hydrogen (secondary N) is 1. The van der Waals surface area contributed by atoms with Gasteiger partial charge in [0.1, 0.15) is 10.8 Å². The van der Waals surface area contributed by atoms with Crippen LogP contribution in [-0.2, 0) is 11.3 Å². The first-order valence-electron chi connectivity index (χ1n) is 7.21. The summed E-state index contributed by atoms with van der Waals surface area (Å²) in [5.41, 5.74) is 0. The average molecular weight is 322 g/mol. The van der Waals surface area contributed by atoms with Crippen molar-refractivity contribution >= 4 is 22.5 Å². The smallest absolute Gasteiger partial charge is 0.324 e. The highest BCUT2D eigenvalue weighted by Crippen LogP contribution is 2.18. The van der Waals surface area contributed by atoms with Gasteiger partial charge >= 0.3 is 6.03 Å². The van der Waals surface area contributed by atoms with E-state index in [0.717, 1.165) is 30.2 Å². The minimum Gasteiger partial charge on any atom is -0.467 e. The standard InChI is InChI=1S/C14H18N4O3S/c1-10-16-17-13(22-10)15-14(19)18(8-11-4-2-6-20-11)9-12-5-3-7-21-12/h2,4,6,12H,3,5,7-9H2,1H3,(H,15,17,19)/t12-/m0/s1. The van der Waals surface area contributed by atoms with Crippen LogP contribution in [0.5, 0.6) is 0 Å². The van der Waals surface area contributed by atoms with Gasteiger partial charge in [-0.05, 0) is 31.9 Å². The Kier molecular flexibility index (Phi) is 4.69. The van der Waals surface area contributed by atoms with E-state index in [1.54, 1.807) is 11.2 Å². The fourth-order valence-corrected chi connectivity index (χ4v) is 2.94. The minimum atomic E-state index is -0.219. The molecule has 0 unspecified atom stereocenters. The molecule has 1 aliphatic rings. The lowest BCUT2D eigenvalue weighted by Gasteiger charge is -2.24. The van der Waals surface area contributed by atoms with Crippen molar-refractivity contribution in [3.05, 3.63) is 29.2 Å². The quantitative estimate of drug-likeness (QED) is 0.915. The van der Waals surface area contributed by atoms with E-state index in [1.807, 2.05) is 19.1 Å². The van der Waals surface area contributed by atoms with Gasteiger partial charge in [-0.15, -0.1) is 10.2 Å². The van der Waals surface area contributed by atoms with Crippen LogP contribution in [0.2, 0.25) is 0 Å². The number of hydrogen-bond donors (Lipinski definition) is 1. The van der Waals surface area contributed by atoms with Crippen LogP contribution in [-0.4, -0.2) is 40.4 Å². The maximum Gasteiger partial charge on any atom is 0.324 e. The van der Waals surface area contributed by atoms with E-state index in [9.17, 15) is 4.79 Å². The van der Waals surface area contributed by atoms with Crippen LogP contribution in [0.1, 0.15) is 23.6 Å². The van der Waals surface area contributed by atoms with E-state index in [-0.39, 0.29) is 12.1 Å². The fourth-order valence-electron chi connectivity index (χ4n) is 2.36. The third-order valence-corrected chi connectivity index (χ3v) is 4.16. The largest absolute Gasteiger partial charge is 0.467 e. The van der Waals surface area contributed by atoms with Gasteiger partial charge in [0.2, 0.25) is 5.13 Å². The van der Waals surface area contributed by atoms with Crippen LogP contribution in [0.15, 0.2) is 22.8 Å². The molecule has 0 bridgehead atoms. The normalized spacial score (nSPS) is 17.6. The maximum absolute atomic E-state index is 12.5. The molecular weight excluding hydrogens is 304 g/mol. The van der Waals surface area contributed by atoms with Gasteiger partial charge in [0.05, 0.1) is 18.9 Å². The minimum absolute atomic E-state index is 0.0804. The fraction of sp³-hybridized carbons (Fsp3) is 0.500. The molecule has 0 aromatic carbocycles. The second-order valence-corrected chi connectivity index (χ2v) is 6.33. The van der Waals surface area contributed by atoms with Gasteiger partial charge in [0, 0.05) is 13.2 Å². The Labute approximate surface area is 132 Å². The Morgan fingerprint density at radius 2 is 2.45 bits per heavy atom. The molecule has 0 aliphatic carbocycles. The lowest BCUT2D eigenvalue weighted by Crippen LogP contribution is -2.39. The highest BCUT2D eigenvalue weighted by Gasteiger charge is 2.24. The SMILES string of the molecule is Cc1nnc(NC(=O)N(Cc2ccco2)C[C@@H]2CCCO2)s1. The number of aromatic nitrogens is 2. The molecule has 0 saturated carbocycles. The molecule has 8 heteroatoms. The number of aryl methyl sites for hydroxylation is 1. The van der Waals surface area contributed by atoms with Crippen LogP contribution >= 0.6 is 11.3 Å². The first kappa shape index (κ1) is 15.0. The van der Waals surface area contributed by atoms with E-state index < -0.39 is 0 Å². The maximum atomic E-state index is 12.5. The Morgan fingerprint density at radius 1 is 1.55 bits per heavy atom. The predicted octanol–water partition coefficient (Wildman–Crippen LogP) is 2.65. The van der Waals surface area contributed by atoms with E-state index in [0.29, 0.717) is 18.2 Å². The van der Waals surface area contributed by atoms with Crippen molar-refractivity contribution < 1.29 is 13.9 Å². The summed E-state index contributed by atoms with van der Waals surface area (Å²) in [6.07, 6.45) is 3.69. The first-order valence-corrected chi connectivity index (χ1v) is 8.02. The van der Waals surface area contributed by atoms with Crippen LogP contribution in [0.3, 0.4) is 0 Å².